The Kier molecular flexibility index (Phi) is 6.75. The topological polar surface area (TPSA) is 67.4 Å². The smallest absolute Gasteiger partial charge is 0.253 e. The van der Waals surface area contributed by atoms with E-state index in [2.05, 4.69) is 10.6 Å². The molecule has 0 heterocycles. The van der Waals surface area contributed by atoms with Crippen molar-refractivity contribution in [3.05, 3.63) is 94.0 Å². The summed E-state index contributed by atoms with van der Waals surface area (Å²) < 4.78 is 5.10. The fraction of sp³-hybridized carbons (Fsp3) is 0.0909. The Bertz CT molecular complexity index is 1010. The number of benzene rings is 3. The minimum absolute atomic E-state index is 0.316. The van der Waals surface area contributed by atoms with Gasteiger partial charge in [-0.2, -0.15) is 0 Å². The van der Waals surface area contributed by atoms with E-state index in [1.54, 1.807) is 73.8 Å². The first-order valence-electron chi connectivity index (χ1n) is 8.73. The molecule has 1 amide bonds. The normalized spacial score (nSPS) is 11.4. The summed E-state index contributed by atoms with van der Waals surface area (Å²) in [6.07, 6.45) is -1.05. The lowest BCUT2D eigenvalue weighted by atomic mass is 10.1. The summed E-state index contributed by atoms with van der Waals surface area (Å²) in [4.78, 5) is 25.8. The molecule has 0 aliphatic rings. The Morgan fingerprint density at radius 2 is 1.59 bits per heavy atom. The number of nitrogens with one attached hydrogen (secondary N) is 2. The molecular weight excluding hydrogens is 411 g/mol. The summed E-state index contributed by atoms with van der Waals surface area (Å²) in [5.41, 5.74) is 1.26. The van der Waals surface area contributed by atoms with E-state index < -0.39 is 12.1 Å². The molecule has 0 aromatic heterocycles. The number of anilines is 1. The highest BCUT2D eigenvalue weighted by molar-refractivity contribution is 6.35. The van der Waals surface area contributed by atoms with Crippen LogP contribution in [0.3, 0.4) is 0 Å². The molecule has 148 valence electrons. The van der Waals surface area contributed by atoms with Crippen molar-refractivity contribution >= 4 is 40.6 Å². The maximum absolute atomic E-state index is 13.0. The fourth-order valence-corrected chi connectivity index (χ4v) is 3.00. The van der Waals surface area contributed by atoms with Gasteiger partial charge in [0.05, 0.1) is 17.8 Å². The van der Waals surface area contributed by atoms with E-state index in [9.17, 15) is 9.59 Å². The van der Waals surface area contributed by atoms with E-state index in [0.717, 1.165) is 0 Å². The standard InChI is InChI=1S/C22H18Cl2N2O3/c1-29-17-10-7-15(8-11-17)22(28)26-21(20(27)14-5-3-2-4-6-14)25-19-13-16(23)9-12-18(19)24/h2-13,21,25H,1H3,(H,26,28). The van der Waals surface area contributed by atoms with Crippen LogP contribution in [-0.4, -0.2) is 25.0 Å². The summed E-state index contributed by atoms with van der Waals surface area (Å²) in [6.45, 7) is 0. The van der Waals surface area contributed by atoms with Crippen LogP contribution in [0.5, 0.6) is 5.75 Å². The van der Waals surface area contributed by atoms with Gasteiger partial charge in [-0.25, -0.2) is 0 Å². The Morgan fingerprint density at radius 3 is 2.24 bits per heavy atom. The second-order valence-corrected chi connectivity index (χ2v) is 6.98. The van der Waals surface area contributed by atoms with E-state index in [-0.39, 0.29) is 5.78 Å². The number of hydrogen-bond acceptors (Lipinski definition) is 4. The van der Waals surface area contributed by atoms with Crippen molar-refractivity contribution in [2.24, 2.45) is 0 Å². The Balaban J connectivity index is 1.88. The van der Waals surface area contributed by atoms with Gasteiger partial charge < -0.3 is 15.4 Å². The molecule has 0 saturated heterocycles. The van der Waals surface area contributed by atoms with E-state index in [4.69, 9.17) is 27.9 Å². The number of halogens is 2. The second-order valence-electron chi connectivity index (χ2n) is 6.13. The molecule has 7 heteroatoms. The molecule has 3 rings (SSSR count). The maximum atomic E-state index is 13.0. The summed E-state index contributed by atoms with van der Waals surface area (Å²) in [7, 11) is 1.54. The summed E-state index contributed by atoms with van der Waals surface area (Å²) >= 11 is 12.3. The molecule has 0 spiro atoms. The van der Waals surface area contributed by atoms with Crippen molar-refractivity contribution < 1.29 is 14.3 Å². The maximum Gasteiger partial charge on any atom is 0.253 e. The SMILES string of the molecule is COc1ccc(C(=O)NC(Nc2cc(Cl)ccc2Cl)C(=O)c2ccccc2)cc1. The molecule has 5 nitrogen and oxygen atoms in total. The van der Waals surface area contributed by atoms with Gasteiger partial charge in [-0.05, 0) is 42.5 Å². The number of amides is 1. The lowest BCUT2D eigenvalue weighted by Crippen LogP contribution is -2.46. The molecule has 2 N–H and O–H groups in total. The number of methoxy groups -OCH3 is 1. The monoisotopic (exact) mass is 428 g/mol. The highest BCUT2D eigenvalue weighted by Crippen LogP contribution is 2.26. The van der Waals surface area contributed by atoms with Gasteiger partial charge in [0.1, 0.15) is 5.75 Å². The van der Waals surface area contributed by atoms with E-state index in [0.29, 0.717) is 32.6 Å². The first kappa shape index (κ1) is 20.7. The molecular formula is C22H18Cl2N2O3. The fourth-order valence-electron chi connectivity index (χ4n) is 2.66. The average Bonchev–Trinajstić information content (AvgIpc) is 2.75. The predicted molar refractivity (Wildman–Crippen MR) is 115 cm³/mol. The molecule has 1 unspecified atom stereocenters. The second kappa shape index (κ2) is 9.45. The lowest BCUT2D eigenvalue weighted by molar-refractivity contribution is 0.0869. The number of Topliss-reactive ketones (excluding diaryl/α,β-unsaturated/α-hetero) is 1. The highest BCUT2D eigenvalue weighted by atomic mass is 35.5. The molecule has 0 aliphatic heterocycles. The lowest BCUT2D eigenvalue weighted by Gasteiger charge is -2.21. The van der Waals surface area contributed by atoms with Gasteiger partial charge in [0.2, 0.25) is 5.78 Å². The summed E-state index contributed by atoms with van der Waals surface area (Å²) in [5, 5.41) is 6.53. The first-order valence-corrected chi connectivity index (χ1v) is 9.49. The van der Waals surface area contributed by atoms with Gasteiger partial charge >= 0.3 is 0 Å². The molecule has 29 heavy (non-hydrogen) atoms. The van der Waals surface area contributed by atoms with Crippen molar-refractivity contribution in [1.82, 2.24) is 5.32 Å². The number of carbonyl (C=O) groups is 2. The van der Waals surface area contributed by atoms with Crippen molar-refractivity contribution in [2.45, 2.75) is 6.17 Å². The zero-order chi connectivity index (χ0) is 20.8. The van der Waals surface area contributed by atoms with Gasteiger partial charge in [-0.15, -0.1) is 0 Å². The third-order valence-electron chi connectivity index (χ3n) is 4.18. The number of ether oxygens (including phenoxy) is 1. The average molecular weight is 429 g/mol. The molecule has 0 radical (unpaired) electrons. The molecule has 0 saturated carbocycles. The molecule has 0 fully saturated rings. The van der Waals surface area contributed by atoms with Gasteiger partial charge in [-0.1, -0.05) is 53.5 Å². The minimum Gasteiger partial charge on any atom is -0.497 e. The van der Waals surface area contributed by atoms with Crippen LogP contribution in [0.25, 0.3) is 0 Å². The van der Waals surface area contributed by atoms with Gasteiger partial charge in [-0.3, -0.25) is 9.59 Å². The largest absolute Gasteiger partial charge is 0.497 e. The van der Waals surface area contributed by atoms with Crippen LogP contribution in [0, 0.1) is 0 Å². The number of carbonyl (C=O) groups excluding carboxylic acids is 2. The van der Waals surface area contributed by atoms with Crippen LogP contribution < -0.4 is 15.4 Å². The van der Waals surface area contributed by atoms with Crippen LogP contribution in [-0.2, 0) is 0 Å². The molecule has 3 aromatic carbocycles. The van der Waals surface area contributed by atoms with Crippen molar-refractivity contribution in [2.75, 3.05) is 12.4 Å². The number of ketones is 1. The number of hydrogen-bond donors (Lipinski definition) is 2. The zero-order valence-corrected chi connectivity index (χ0v) is 17.0. The van der Waals surface area contributed by atoms with E-state index >= 15 is 0 Å². The molecule has 0 bridgehead atoms. The van der Waals surface area contributed by atoms with Crippen LogP contribution in [0.2, 0.25) is 10.0 Å². The molecule has 3 aromatic rings. The van der Waals surface area contributed by atoms with Crippen LogP contribution in [0.15, 0.2) is 72.8 Å². The Morgan fingerprint density at radius 1 is 0.897 bits per heavy atom. The van der Waals surface area contributed by atoms with Crippen LogP contribution in [0.4, 0.5) is 5.69 Å². The van der Waals surface area contributed by atoms with Crippen LogP contribution in [0.1, 0.15) is 20.7 Å². The predicted octanol–water partition coefficient (Wildman–Crippen LogP) is 5.05. The summed E-state index contributed by atoms with van der Waals surface area (Å²) in [5.74, 6) is -0.113. The van der Waals surface area contributed by atoms with Gasteiger partial charge in [0, 0.05) is 16.1 Å². The first-order chi connectivity index (χ1) is 14.0. The highest BCUT2D eigenvalue weighted by Gasteiger charge is 2.23. The van der Waals surface area contributed by atoms with Crippen molar-refractivity contribution in [3.8, 4) is 5.75 Å². The van der Waals surface area contributed by atoms with Crippen molar-refractivity contribution in [1.29, 1.82) is 0 Å². The third-order valence-corrected chi connectivity index (χ3v) is 4.74. The zero-order valence-electron chi connectivity index (χ0n) is 15.5. The van der Waals surface area contributed by atoms with Gasteiger partial charge in [0.15, 0.2) is 6.17 Å². The number of rotatable bonds is 7. The van der Waals surface area contributed by atoms with Crippen LogP contribution >= 0.6 is 23.2 Å². The molecule has 1 atom stereocenters. The summed E-state index contributed by atoms with van der Waals surface area (Å²) in [6, 6.07) is 20.1. The van der Waals surface area contributed by atoms with E-state index in [1.165, 1.54) is 0 Å². The van der Waals surface area contributed by atoms with Gasteiger partial charge in [0.25, 0.3) is 5.91 Å². The van der Waals surface area contributed by atoms with Crippen molar-refractivity contribution in [3.63, 3.8) is 0 Å². The Hall–Kier alpha value is -3.02. The molecule has 0 aliphatic carbocycles. The van der Waals surface area contributed by atoms with E-state index in [1.807, 2.05) is 6.07 Å². The minimum atomic E-state index is -1.05. The quantitative estimate of drug-likeness (QED) is 0.407. The Labute approximate surface area is 178 Å². The third kappa shape index (κ3) is 5.28.